The first kappa shape index (κ1) is 14.9. The fraction of sp³-hybridized carbons (Fsp3) is 0.706. The topological polar surface area (TPSA) is 37.4 Å². The van der Waals surface area contributed by atoms with Crippen LogP contribution in [0.1, 0.15) is 37.8 Å². The molecule has 4 heteroatoms. The Morgan fingerprint density at radius 3 is 3.05 bits per heavy atom. The standard InChI is InChI=1S/C17H27N3O/c1-2-16-11-14(5-10-21-16)13-20-9-8-19-12-17(20)15-3-6-18-7-4-15/h3-4,6-7,14,16-17,19H,2,5,8-13H2,1H3. The van der Waals surface area contributed by atoms with E-state index in [1.807, 2.05) is 12.4 Å². The number of ether oxygens (including phenoxy) is 1. The van der Waals surface area contributed by atoms with Crippen molar-refractivity contribution in [2.45, 2.75) is 38.3 Å². The van der Waals surface area contributed by atoms with Crippen molar-refractivity contribution in [1.29, 1.82) is 0 Å². The van der Waals surface area contributed by atoms with Crippen molar-refractivity contribution < 1.29 is 4.74 Å². The Bertz CT molecular complexity index is 425. The minimum atomic E-state index is 0.478. The molecule has 1 N–H and O–H groups in total. The molecule has 2 aliphatic rings. The fourth-order valence-corrected chi connectivity index (χ4v) is 3.62. The van der Waals surface area contributed by atoms with Crippen LogP contribution in [0.2, 0.25) is 0 Å². The zero-order valence-electron chi connectivity index (χ0n) is 13.0. The largest absolute Gasteiger partial charge is 0.378 e. The van der Waals surface area contributed by atoms with Gasteiger partial charge in [0, 0.05) is 51.2 Å². The average molecular weight is 289 g/mol. The Balaban J connectivity index is 1.64. The van der Waals surface area contributed by atoms with E-state index in [0.717, 1.165) is 38.6 Å². The van der Waals surface area contributed by atoms with Crippen LogP contribution >= 0.6 is 0 Å². The molecular formula is C17H27N3O. The summed E-state index contributed by atoms with van der Waals surface area (Å²) in [5, 5.41) is 3.53. The maximum atomic E-state index is 5.82. The second-order valence-electron chi connectivity index (χ2n) is 6.29. The highest BCUT2D eigenvalue weighted by atomic mass is 16.5. The number of aromatic nitrogens is 1. The van der Waals surface area contributed by atoms with E-state index >= 15 is 0 Å². The van der Waals surface area contributed by atoms with Crippen LogP contribution in [0.4, 0.5) is 0 Å². The number of nitrogens with zero attached hydrogens (tertiary/aromatic N) is 2. The van der Waals surface area contributed by atoms with Crippen LogP contribution in [0.5, 0.6) is 0 Å². The van der Waals surface area contributed by atoms with Crippen molar-refractivity contribution in [2.75, 3.05) is 32.8 Å². The molecule has 0 radical (unpaired) electrons. The van der Waals surface area contributed by atoms with Crippen molar-refractivity contribution in [3.05, 3.63) is 30.1 Å². The third-order valence-electron chi connectivity index (χ3n) is 4.87. The molecule has 0 aliphatic carbocycles. The lowest BCUT2D eigenvalue weighted by Gasteiger charge is -2.40. The van der Waals surface area contributed by atoms with Crippen molar-refractivity contribution in [2.24, 2.45) is 5.92 Å². The van der Waals surface area contributed by atoms with E-state index in [4.69, 9.17) is 4.74 Å². The zero-order chi connectivity index (χ0) is 14.5. The minimum absolute atomic E-state index is 0.478. The molecule has 2 aliphatic heterocycles. The predicted octanol–water partition coefficient (Wildman–Crippen LogP) is 2.23. The molecule has 3 heterocycles. The summed E-state index contributed by atoms with van der Waals surface area (Å²) in [5.41, 5.74) is 1.39. The summed E-state index contributed by atoms with van der Waals surface area (Å²) in [6.07, 6.45) is 7.87. The summed E-state index contributed by atoms with van der Waals surface area (Å²) >= 11 is 0. The van der Waals surface area contributed by atoms with Gasteiger partial charge in [-0.15, -0.1) is 0 Å². The Kier molecular flexibility index (Phi) is 5.22. The molecular weight excluding hydrogens is 262 g/mol. The van der Waals surface area contributed by atoms with Gasteiger partial charge in [0.25, 0.3) is 0 Å². The summed E-state index contributed by atoms with van der Waals surface area (Å²) in [7, 11) is 0. The number of hydrogen-bond acceptors (Lipinski definition) is 4. The summed E-state index contributed by atoms with van der Waals surface area (Å²) in [6.45, 7) is 7.66. The fourth-order valence-electron chi connectivity index (χ4n) is 3.62. The van der Waals surface area contributed by atoms with Gasteiger partial charge in [-0.3, -0.25) is 9.88 Å². The molecule has 0 bridgehead atoms. The van der Waals surface area contributed by atoms with E-state index in [0.29, 0.717) is 12.1 Å². The molecule has 3 rings (SSSR count). The highest BCUT2D eigenvalue weighted by molar-refractivity contribution is 5.16. The molecule has 4 nitrogen and oxygen atoms in total. The monoisotopic (exact) mass is 289 g/mol. The maximum Gasteiger partial charge on any atom is 0.0575 e. The van der Waals surface area contributed by atoms with Gasteiger partial charge in [-0.2, -0.15) is 0 Å². The maximum absolute atomic E-state index is 5.82. The lowest BCUT2D eigenvalue weighted by molar-refractivity contribution is -0.0223. The Hall–Kier alpha value is -0.970. The van der Waals surface area contributed by atoms with Crippen LogP contribution in [0.25, 0.3) is 0 Å². The van der Waals surface area contributed by atoms with Crippen LogP contribution in [0, 0.1) is 5.92 Å². The molecule has 0 aromatic carbocycles. The van der Waals surface area contributed by atoms with Crippen molar-refractivity contribution in [1.82, 2.24) is 15.2 Å². The summed E-state index contributed by atoms with van der Waals surface area (Å²) in [4.78, 5) is 6.81. The molecule has 1 aromatic heterocycles. The molecule has 0 saturated carbocycles. The van der Waals surface area contributed by atoms with E-state index in [2.05, 4.69) is 34.3 Å². The highest BCUT2D eigenvalue weighted by Crippen LogP contribution is 2.28. The zero-order valence-corrected chi connectivity index (χ0v) is 13.0. The molecule has 21 heavy (non-hydrogen) atoms. The molecule has 2 fully saturated rings. The van der Waals surface area contributed by atoms with Crippen molar-refractivity contribution in [3.63, 3.8) is 0 Å². The second kappa shape index (κ2) is 7.34. The first-order valence-electron chi connectivity index (χ1n) is 8.33. The van der Waals surface area contributed by atoms with Crippen molar-refractivity contribution in [3.8, 4) is 0 Å². The van der Waals surface area contributed by atoms with Gasteiger partial charge < -0.3 is 10.1 Å². The molecule has 3 unspecified atom stereocenters. The van der Waals surface area contributed by atoms with Crippen LogP contribution in [-0.2, 0) is 4.74 Å². The quantitative estimate of drug-likeness (QED) is 0.922. The number of pyridine rings is 1. The first-order chi connectivity index (χ1) is 10.4. The van der Waals surface area contributed by atoms with Gasteiger partial charge in [-0.05, 0) is 42.9 Å². The van der Waals surface area contributed by atoms with E-state index < -0.39 is 0 Å². The normalized spacial score (nSPS) is 31.2. The van der Waals surface area contributed by atoms with Gasteiger partial charge in [-0.1, -0.05) is 6.92 Å². The third-order valence-corrected chi connectivity index (χ3v) is 4.87. The van der Waals surface area contributed by atoms with Crippen molar-refractivity contribution >= 4 is 0 Å². The van der Waals surface area contributed by atoms with Gasteiger partial charge >= 0.3 is 0 Å². The first-order valence-corrected chi connectivity index (χ1v) is 8.33. The van der Waals surface area contributed by atoms with Gasteiger partial charge in [0.1, 0.15) is 0 Å². The highest BCUT2D eigenvalue weighted by Gasteiger charge is 2.28. The Morgan fingerprint density at radius 1 is 1.38 bits per heavy atom. The Labute approximate surface area is 127 Å². The number of hydrogen-bond donors (Lipinski definition) is 1. The van der Waals surface area contributed by atoms with E-state index in [1.54, 1.807) is 0 Å². The molecule has 0 amide bonds. The lowest BCUT2D eigenvalue weighted by Crippen LogP contribution is -2.48. The van der Waals surface area contributed by atoms with Crippen LogP contribution < -0.4 is 5.32 Å². The van der Waals surface area contributed by atoms with Crippen LogP contribution in [0.15, 0.2) is 24.5 Å². The van der Waals surface area contributed by atoms with Crippen LogP contribution in [-0.4, -0.2) is 48.8 Å². The molecule has 2 saturated heterocycles. The molecule has 1 aromatic rings. The van der Waals surface area contributed by atoms with Gasteiger partial charge in [0.15, 0.2) is 0 Å². The predicted molar refractivity (Wildman–Crippen MR) is 84.2 cm³/mol. The minimum Gasteiger partial charge on any atom is -0.378 e. The Morgan fingerprint density at radius 2 is 2.24 bits per heavy atom. The second-order valence-corrected chi connectivity index (χ2v) is 6.29. The van der Waals surface area contributed by atoms with Gasteiger partial charge in [0.2, 0.25) is 0 Å². The summed E-state index contributed by atoms with van der Waals surface area (Å²) in [5.74, 6) is 0.783. The van der Waals surface area contributed by atoms with E-state index in [-0.39, 0.29) is 0 Å². The SMILES string of the molecule is CCC1CC(CN2CCNCC2c2ccncc2)CCO1. The summed E-state index contributed by atoms with van der Waals surface area (Å²) in [6, 6.07) is 4.80. The van der Waals surface area contributed by atoms with Crippen LogP contribution in [0.3, 0.4) is 0 Å². The number of piperazine rings is 1. The lowest BCUT2D eigenvalue weighted by atomic mass is 9.92. The smallest absolute Gasteiger partial charge is 0.0575 e. The average Bonchev–Trinajstić information content (AvgIpc) is 2.56. The molecule has 3 atom stereocenters. The molecule has 0 spiro atoms. The third kappa shape index (κ3) is 3.82. The van der Waals surface area contributed by atoms with E-state index in [1.165, 1.54) is 24.9 Å². The summed E-state index contributed by atoms with van der Waals surface area (Å²) < 4.78 is 5.82. The number of rotatable bonds is 4. The number of nitrogens with one attached hydrogen (secondary N) is 1. The van der Waals surface area contributed by atoms with E-state index in [9.17, 15) is 0 Å². The van der Waals surface area contributed by atoms with Gasteiger partial charge in [-0.25, -0.2) is 0 Å². The van der Waals surface area contributed by atoms with Gasteiger partial charge in [0.05, 0.1) is 6.10 Å². The molecule has 116 valence electrons.